The Kier molecular flexibility index (Phi) is 3.48. The van der Waals surface area contributed by atoms with E-state index in [0.717, 1.165) is 11.1 Å². The largest absolute Gasteiger partial charge is 0.318 e. The molecule has 1 N–H and O–H groups in total. The zero-order chi connectivity index (χ0) is 11.6. The van der Waals surface area contributed by atoms with Crippen LogP contribution >= 0.6 is 11.6 Å². The average molecular weight is 226 g/mol. The lowest BCUT2D eigenvalue weighted by Crippen LogP contribution is -2.20. The Morgan fingerprint density at radius 2 is 1.87 bits per heavy atom. The van der Waals surface area contributed by atoms with Crippen molar-refractivity contribution in [3.05, 3.63) is 28.3 Å². The number of aryl methyl sites for hydroxylation is 2. The third kappa shape index (κ3) is 2.80. The van der Waals surface area contributed by atoms with Gasteiger partial charge in [0.1, 0.15) is 0 Å². The number of carbonyl (C=O) groups excluding carboxylic acids is 2. The second-order valence-electron chi connectivity index (χ2n) is 3.45. The van der Waals surface area contributed by atoms with Gasteiger partial charge >= 0.3 is 0 Å². The highest BCUT2D eigenvalue weighted by Gasteiger charge is 2.12. The second-order valence-corrected chi connectivity index (χ2v) is 3.86. The van der Waals surface area contributed by atoms with E-state index in [2.05, 4.69) is 5.32 Å². The highest BCUT2D eigenvalue weighted by molar-refractivity contribution is 6.41. The molecule has 0 heterocycles. The molecule has 0 aliphatic rings. The number of rotatable bonds is 2. The zero-order valence-electron chi connectivity index (χ0n) is 8.85. The Morgan fingerprint density at radius 3 is 2.33 bits per heavy atom. The van der Waals surface area contributed by atoms with Gasteiger partial charge in [0.2, 0.25) is 5.78 Å². The summed E-state index contributed by atoms with van der Waals surface area (Å²) in [5, 5.41) is 2.93. The lowest BCUT2D eigenvalue weighted by molar-refractivity contribution is -0.133. The summed E-state index contributed by atoms with van der Waals surface area (Å²) in [5.41, 5.74) is 2.36. The van der Waals surface area contributed by atoms with Crippen molar-refractivity contribution >= 4 is 29.0 Å². The quantitative estimate of drug-likeness (QED) is 0.786. The Morgan fingerprint density at radius 1 is 1.27 bits per heavy atom. The van der Waals surface area contributed by atoms with Gasteiger partial charge in [0.05, 0.1) is 10.7 Å². The van der Waals surface area contributed by atoms with Crippen LogP contribution < -0.4 is 5.32 Å². The van der Waals surface area contributed by atoms with Crippen LogP contribution in [-0.2, 0) is 9.59 Å². The summed E-state index contributed by atoms with van der Waals surface area (Å²) in [6.45, 7) is 4.96. The van der Waals surface area contributed by atoms with E-state index in [-0.39, 0.29) is 0 Å². The predicted octanol–water partition coefficient (Wildman–Crippen LogP) is 2.48. The predicted molar refractivity (Wildman–Crippen MR) is 60.2 cm³/mol. The van der Waals surface area contributed by atoms with Gasteiger partial charge in [-0.2, -0.15) is 0 Å². The number of ketones is 1. The van der Waals surface area contributed by atoms with Crippen molar-refractivity contribution in [2.24, 2.45) is 0 Å². The first kappa shape index (κ1) is 11.7. The molecule has 1 aromatic rings. The van der Waals surface area contributed by atoms with Crippen LogP contribution in [0.3, 0.4) is 0 Å². The smallest absolute Gasteiger partial charge is 0.291 e. The summed E-state index contributed by atoms with van der Waals surface area (Å²) in [6.07, 6.45) is 0. The van der Waals surface area contributed by atoms with E-state index in [9.17, 15) is 9.59 Å². The lowest BCUT2D eigenvalue weighted by Gasteiger charge is -2.10. The minimum atomic E-state index is -0.649. The van der Waals surface area contributed by atoms with Crippen molar-refractivity contribution in [1.82, 2.24) is 0 Å². The maximum atomic E-state index is 11.2. The van der Waals surface area contributed by atoms with Crippen molar-refractivity contribution in [2.75, 3.05) is 5.32 Å². The van der Waals surface area contributed by atoms with E-state index in [0.29, 0.717) is 10.7 Å². The Labute approximate surface area is 93.4 Å². The average Bonchev–Trinajstić information content (AvgIpc) is 2.10. The Hall–Kier alpha value is -1.35. The first-order chi connectivity index (χ1) is 6.91. The highest BCUT2D eigenvalue weighted by atomic mass is 35.5. The Balaban J connectivity index is 3.05. The number of benzene rings is 1. The number of amides is 1. The van der Waals surface area contributed by atoms with Gasteiger partial charge in [0.15, 0.2) is 0 Å². The minimum absolute atomic E-state index is 0.446. The molecule has 1 aromatic carbocycles. The molecule has 0 fully saturated rings. The number of Topliss-reactive ketones (excluding diaryl/α,β-unsaturated/α-hetero) is 1. The molecule has 4 heteroatoms. The van der Waals surface area contributed by atoms with Gasteiger partial charge in [-0.1, -0.05) is 17.7 Å². The van der Waals surface area contributed by atoms with Crippen LogP contribution in [0.1, 0.15) is 18.1 Å². The number of hydrogen-bond acceptors (Lipinski definition) is 2. The maximum Gasteiger partial charge on any atom is 0.291 e. The molecule has 0 unspecified atom stereocenters. The second kappa shape index (κ2) is 4.45. The summed E-state index contributed by atoms with van der Waals surface area (Å²) in [5.74, 6) is -1.19. The fourth-order valence-corrected chi connectivity index (χ4v) is 1.64. The van der Waals surface area contributed by atoms with Crippen LogP contribution in [0.15, 0.2) is 12.1 Å². The van der Waals surface area contributed by atoms with Crippen molar-refractivity contribution < 1.29 is 9.59 Å². The molecule has 0 saturated heterocycles. The van der Waals surface area contributed by atoms with Crippen LogP contribution in [0.5, 0.6) is 0 Å². The number of halogens is 1. The van der Waals surface area contributed by atoms with Crippen LogP contribution in [0.2, 0.25) is 5.02 Å². The van der Waals surface area contributed by atoms with Crippen molar-refractivity contribution in [1.29, 1.82) is 0 Å². The van der Waals surface area contributed by atoms with Gasteiger partial charge < -0.3 is 5.32 Å². The van der Waals surface area contributed by atoms with E-state index in [1.54, 1.807) is 6.07 Å². The molecule has 80 valence electrons. The summed E-state index contributed by atoms with van der Waals surface area (Å²) < 4.78 is 0. The van der Waals surface area contributed by atoms with Gasteiger partial charge in [-0.05, 0) is 31.0 Å². The molecule has 0 aromatic heterocycles. The van der Waals surface area contributed by atoms with Gasteiger partial charge in [0.25, 0.3) is 5.91 Å². The summed E-state index contributed by atoms with van der Waals surface area (Å²) in [4.78, 5) is 22.0. The molecule has 0 bridgehead atoms. The van der Waals surface area contributed by atoms with Crippen LogP contribution in [-0.4, -0.2) is 11.7 Å². The number of nitrogens with one attached hydrogen (secondary N) is 1. The fourth-order valence-electron chi connectivity index (χ4n) is 1.28. The van der Waals surface area contributed by atoms with E-state index >= 15 is 0 Å². The van der Waals surface area contributed by atoms with Crippen molar-refractivity contribution in [3.63, 3.8) is 0 Å². The van der Waals surface area contributed by atoms with E-state index in [4.69, 9.17) is 11.6 Å². The first-order valence-electron chi connectivity index (χ1n) is 4.50. The molecule has 1 rings (SSSR count). The van der Waals surface area contributed by atoms with Gasteiger partial charge in [-0.15, -0.1) is 0 Å². The fraction of sp³-hybridized carbons (Fsp3) is 0.273. The minimum Gasteiger partial charge on any atom is -0.318 e. The lowest BCUT2D eigenvalue weighted by atomic mass is 10.1. The number of carbonyl (C=O) groups is 2. The molecule has 15 heavy (non-hydrogen) atoms. The topological polar surface area (TPSA) is 46.2 Å². The summed E-state index contributed by atoms with van der Waals surface area (Å²) in [6, 6.07) is 3.63. The molecule has 1 amide bonds. The number of hydrogen-bond donors (Lipinski definition) is 1. The number of anilines is 1. The van der Waals surface area contributed by atoms with Gasteiger partial charge in [-0.3, -0.25) is 9.59 Å². The molecular formula is C11H12ClNO2. The molecular weight excluding hydrogens is 214 g/mol. The molecule has 0 aliphatic heterocycles. The molecule has 0 atom stereocenters. The maximum absolute atomic E-state index is 11.2. The van der Waals surface area contributed by atoms with E-state index < -0.39 is 11.7 Å². The summed E-state index contributed by atoms with van der Waals surface area (Å²) >= 11 is 5.96. The summed E-state index contributed by atoms with van der Waals surface area (Å²) in [7, 11) is 0. The molecule has 0 aliphatic carbocycles. The van der Waals surface area contributed by atoms with Crippen LogP contribution in [0, 0.1) is 13.8 Å². The van der Waals surface area contributed by atoms with Gasteiger partial charge in [0, 0.05) is 6.92 Å². The van der Waals surface area contributed by atoms with Crippen LogP contribution in [0.4, 0.5) is 5.69 Å². The van der Waals surface area contributed by atoms with E-state index in [1.165, 1.54) is 6.92 Å². The van der Waals surface area contributed by atoms with Gasteiger partial charge in [-0.25, -0.2) is 0 Å². The molecule has 0 radical (unpaired) electrons. The normalized spacial score (nSPS) is 9.87. The standard InChI is InChI=1S/C11H12ClNO2/c1-6-4-7(2)10(9(12)5-6)13-11(15)8(3)14/h4-5H,1-3H3,(H,13,15). The Bertz CT molecular complexity index is 404. The highest BCUT2D eigenvalue weighted by Crippen LogP contribution is 2.27. The molecule has 3 nitrogen and oxygen atoms in total. The van der Waals surface area contributed by atoms with Crippen LogP contribution in [0.25, 0.3) is 0 Å². The molecule has 0 saturated carbocycles. The first-order valence-corrected chi connectivity index (χ1v) is 4.88. The zero-order valence-corrected chi connectivity index (χ0v) is 9.61. The molecule has 0 spiro atoms. The van der Waals surface area contributed by atoms with Crippen molar-refractivity contribution in [3.8, 4) is 0 Å². The third-order valence-electron chi connectivity index (χ3n) is 1.99. The van der Waals surface area contributed by atoms with E-state index in [1.807, 2.05) is 19.9 Å². The van der Waals surface area contributed by atoms with Crippen molar-refractivity contribution in [2.45, 2.75) is 20.8 Å². The monoisotopic (exact) mass is 225 g/mol. The third-order valence-corrected chi connectivity index (χ3v) is 2.29. The SMILES string of the molecule is CC(=O)C(=O)Nc1c(C)cc(C)cc1Cl.